The van der Waals surface area contributed by atoms with Gasteiger partial charge in [0.25, 0.3) is 0 Å². The van der Waals surface area contributed by atoms with Crippen molar-refractivity contribution in [2.75, 3.05) is 0 Å². The van der Waals surface area contributed by atoms with Gasteiger partial charge in [0, 0.05) is 0 Å². The summed E-state index contributed by atoms with van der Waals surface area (Å²) in [5.74, 6) is 0. The Morgan fingerprint density at radius 2 is 1.43 bits per heavy atom. The molecule has 0 radical (unpaired) electrons. The van der Waals surface area contributed by atoms with Gasteiger partial charge < -0.3 is 0 Å². The van der Waals surface area contributed by atoms with E-state index < -0.39 is 0 Å². The summed E-state index contributed by atoms with van der Waals surface area (Å²) in [7, 11) is 1.90. The van der Waals surface area contributed by atoms with E-state index in [2.05, 4.69) is 0 Å². The van der Waals surface area contributed by atoms with E-state index in [-0.39, 0.29) is 0 Å². The maximum absolute atomic E-state index is 8.77. The second kappa shape index (κ2) is 58.7. The molecule has 1 atom stereocenters. The average Bonchev–Trinajstić information content (AvgIpc) is 1.78. The normalized spacial score (nSPS) is 2.14. The summed E-state index contributed by atoms with van der Waals surface area (Å²) in [6.07, 6.45) is 0. The molecule has 0 aromatic rings. The molecule has 0 fully saturated rings. The van der Waals surface area contributed by atoms with Gasteiger partial charge in [-0.25, -0.2) is 0 Å². The van der Waals surface area contributed by atoms with Crippen LogP contribution in [-0.4, -0.2) is 23.1 Å². The first-order valence-corrected chi connectivity index (χ1v) is 2.94. The van der Waals surface area contributed by atoms with Gasteiger partial charge >= 0.3 is 64.4 Å². The van der Waals surface area contributed by atoms with Crippen LogP contribution in [0.1, 0.15) is 0 Å². The van der Waals surface area contributed by atoms with Crippen molar-refractivity contribution in [1.82, 2.24) is 0 Å². The van der Waals surface area contributed by atoms with E-state index in [1.807, 2.05) is 9.12 Å². The van der Waals surface area contributed by atoms with Crippen molar-refractivity contribution in [3.05, 3.63) is 0 Å². The summed E-state index contributed by atoms with van der Waals surface area (Å²) in [5.41, 5.74) is 0. The molecule has 0 amide bonds. The van der Waals surface area contributed by atoms with Crippen LogP contribution in [0.2, 0.25) is 0 Å². The summed E-state index contributed by atoms with van der Waals surface area (Å²) in [4.78, 5) is 0. The van der Waals surface area contributed by atoms with E-state index in [9.17, 15) is 0 Å². The average molecular weight is 168 g/mol. The molecule has 7 heavy (non-hydrogen) atoms. The zero-order valence-corrected chi connectivity index (χ0v) is 7.72. The molecule has 3 nitrogen and oxygen atoms in total. The van der Waals surface area contributed by atoms with Crippen LogP contribution in [0, 0.1) is 0 Å². The van der Waals surface area contributed by atoms with Crippen LogP contribution in [0.15, 0.2) is 0 Å². The predicted octanol–water partition coefficient (Wildman–Crippen LogP) is -1.06. The summed E-state index contributed by atoms with van der Waals surface area (Å²) < 4.78 is 25.3. The summed E-state index contributed by atoms with van der Waals surface area (Å²) in [6, 6.07) is 0. The van der Waals surface area contributed by atoms with Crippen LogP contribution in [-0.2, 0) is 32.2 Å². The van der Waals surface area contributed by atoms with Gasteiger partial charge in [-0.3, -0.25) is 0 Å². The van der Waals surface area contributed by atoms with Gasteiger partial charge in [-0.15, -0.1) is 0 Å². The van der Waals surface area contributed by atoms with Gasteiger partial charge in [0.1, 0.15) is 0 Å². The fourth-order valence-corrected chi connectivity index (χ4v) is 0. The van der Waals surface area contributed by atoms with Crippen molar-refractivity contribution in [3.63, 3.8) is 0 Å². The topological polar surface area (TPSA) is 51.2 Å². The van der Waals surface area contributed by atoms with Gasteiger partial charge in [0.2, 0.25) is 0 Å². The van der Waals surface area contributed by atoms with E-state index in [1.54, 1.807) is 0 Å². The maximum atomic E-state index is 8.77. The summed E-state index contributed by atoms with van der Waals surface area (Å²) >= 11 is 1.36. The molecular weight excluding hydrogens is 165 g/mol. The minimum absolute atomic E-state index is 0.611. The third-order valence-corrected chi connectivity index (χ3v) is 0. The third-order valence-electron chi connectivity index (χ3n) is 0. The Labute approximate surface area is 64.4 Å². The molecule has 0 spiro atoms. The second-order valence-electron chi connectivity index (χ2n) is 0.136. The first-order valence-electron chi connectivity index (χ1n) is 1.06. The Morgan fingerprint density at radius 1 is 1.43 bits per heavy atom. The van der Waals surface area contributed by atoms with E-state index in [0.717, 1.165) is 20.4 Å². The van der Waals surface area contributed by atoms with Gasteiger partial charge in [-0.05, 0) is 0 Å². The van der Waals surface area contributed by atoms with E-state index in [0.29, 0.717) is 23.1 Å². The Kier molecular flexibility index (Phi) is 132. The van der Waals surface area contributed by atoms with Crippen LogP contribution >= 0.6 is 9.12 Å². The van der Waals surface area contributed by atoms with Crippen molar-refractivity contribution >= 4 is 32.2 Å². The molecule has 0 bridgehead atoms. The Balaban J connectivity index is -0.0000000360. The van der Waals surface area contributed by atoms with Crippen molar-refractivity contribution in [3.8, 4) is 0 Å². The zero-order chi connectivity index (χ0) is 6.71. The summed E-state index contributed by atoms with van der Waals surface area (Å²) in [5, 5.41) is 0. The molecule has 0 N–H and O–H groups in total. The molecule has 0 heterocycles. The molecule has 7 heteroatoms. The standard InChI is InChI=1S/Al.BH2OP.2O.Ti.H/c;2-1-3;;;;/h;3H2;;;;. The first-order chi connectivity index (χ1) is 3.41. The molecule has 0 saturated heterocycles. The Hall–Kier alpha value is 1.14. The molecule has 0 rings (SSSR count). The predicted molar refractivity (Wildman–Crippen MR) is 24.7 cm³/mol. The molecule has 0 aliphatic rings. The van der Waals surface area contributed by atoms with Gasteiger partial charge in [0.05, 0.1) is 0 Å². The number of rotatable bonds is 0. The zero-order valence-electron chi connectivity index (χ0n) is 3.59. The Morgan fingerprint density at radius 3 is 1.43 bits per heavy atom. The van der Waals surface area contributed by atoms with Crippen LogP contribution in [0.3, 0.4) is 0 Å². The van der Waals surface area contributed by atoms with Crippen molar-refractivity contribution in [1.29, 1.82) is 0 Å². The second-order valence-corrected chi connectivity index (χ2v) is 0.408. The fourth-order valence-electron chi connectivity index (χ4n) is 0. The van der Waals surface area contributed by atoms with Crippen molar-refractivity contribution in [2.45, 2.75) is 0 Å². The quantitative estimate of drug-likeness (QED) is 0.341. The molecule has 0 aromatic carbocycles. The molecule has 0 aliphatic heterocycles. The van der Waals surface area contributed by atoms with Crippen LogP contribution < -0.4 is 0 Å². The van der Waals surface area contributed by atoms with Gasteiger partial charge in [-0.1, -0.05) is 0 Å². The fraction of sp³-hybridized carbons (Fsp3) is 0. The monoisotopic (exact) mass is 168 g/mol. The molecule has 36 valence electrons. The van der Waals surface area contributed by atoms with Gasteiger partial charge in [-0.2, -0.15) is 0 Å². The molecule has 0 aliphatic carbocycles. The number of hydrogen-bond acceptors (Lipinski definition) is 3. The SMILES string of the molecule is O=BP.[O]=[AlH].[O]=[Ti]. The Bertz CT molecular complexity index is 34.1. The van der Waals surface area contributed by atoms with Crippen LogP contribution in [0.4, 0.5) is 0 Å². The van der Waals surface area contributed by atoms with Crippen molar-refractivity contribution in [2.24, 2.45) is 0 Å². The minimum atomic E-state index is 0.611. The van der Waals surface area contributed by atoms with E-state index in [1.165, 1.54) is 0 Å². The molecular formula is H3AlBO3PTi. The van der Waals surface area contributed by atoms with E-state index >= 15 is 0 Å². The van der Waals surface area contributed by atoms with Crippen LogP contribution in [0.25, 0.3) is 0 Å². The summed E-state index contributed by atoms with van der Waals surface area (Å²) in [6.45, 7) is 0.667. The molecule has 1 unspecified atom stereocenters. The van der Waals surface area contributed by atoms with Crippen LogP contribution in [0.5, 0.6) is 0 Å². The van der Waals surface area contributed by atoms with Crippen molar-refractivity contribution < 1.29 is 32.2 Å². The van der Waals surface area contributed by atoms with E-state index in [4.69, 9.17) is 11.8 Å². The third kappa shape index (κ3) is 145. The first kappa shape index (κ1) is 15.7. The number of hydrogen-bond donors (Lipinski definition) is 0. The molecule has 0 saturated carbocycles. The molecule has 0 aromatic heterocycles. The van der Waals surface area contributed by atoms with Gasteiger partial charge in [0.15, 0.2) is 0 Å².